The normalized spacial score (nSPS) is 19.0. The van der Waals surface area contributed by atoms with E-state index in [4.69, 9.17) is 13.6 Å². The largest absolute Gasteiger partial charge is 0.530 e. The van der Waals surface area contributed by atoms with E-state index in [1.807, 2.05) is 5.01 Å². The van der Waals surface area contributed by atoms with E-state index in [1.165, 1.54) is 30.0 Å². The maximum atomic E-state index is 13.8. The van der Waals surface area contributed by atoms with E-state index < -0.39 is 19.5 Å². The number of aliphatic imine (C=N–C) groups is 1. The highest BCUT2D eigenvalue weighted by molar-refractivity contribution is 8.18. The molecule has 29 heavy (non-hydrogen) atoms. The molecule has 1 aromatic carbocycles. The van der Waals surface area contributed by atoms with Crippen molar-refractivity contribution in [3.8, 4) is 5.75 Å². The van der Waals surface area contributed by atoms with Gasteiger partial charge in [-0.05, 0) is 56.7 Å². The molecule has 2 heterocycles. The van der Waals surface area contributed by atoms with E-state index in [1.54, 1.807) is 13.8 Å². The van der Waals surface area contributed by atoms with Gasteiger partial charge in [-0.15, -0.1) is 0 Å². The molecule has 0 unspecified atom stereocenters. The highest BCUT2D eigenvalue weighted by atomic mass is 32.2. The molecule has 3 rings (SSSR count). The third-order valence-electron chi connectivity index (χ3n) is 4.00. The fraction of sp³-hybridized carbons (Fsp3) is 0.444. The molecule has 1 N–H and O–H groups in total. The summed E-state index contributed by atoms with van der Waals surface area (Å²) in [7, 11) is -3.92. The zero-order valence-corrected chi connectivity index (χ0v) is 17.9. The second-order valence-corrected chi connectivity index (χ2v) is 8.74. The first kappa shape index (κ1) is 22.0. The van der Waals surface area contributed by atoms with Gasteiger partial charge < -0.3 is 4.52 Å². The Morgan fingerprint density at radius 2 is 2.07 bits per heavy atom. The van der Waals surface area contributed by atoms with Crippen molar-refractivity contribution in [2.24, 2.45) is 4.99 Å². The monoisotopic (exact) mass is 443 g/mol. The number of phosphoric acid groups is 1. The average molecular weight is 443 g/mol. The van der Waals surface area contributed by atoms with Crippen LogP contribution in [0.3, 0.4) is 0 Å². The van der Waals surface area contributed by atoms with Crippen molar-refractivity contribution >= 4 is 36.7 Å². The van der Waals surface area contributed by atoms with Crippen LogP contribution in [0.25, 0.3) is 6.08 Å². The molecular formula is C18H23FN3O5PS. The van der Waals surface area contributed by atoms with E-state index in [-0.39, 0.29) is 19.0 Å². The molecule has 0 atom stereocenters. The Labute approximate surface area is 173 Å². The number of nitrogens with one attached hydrogen (secondary N) is 1. The lowest BCUT2D eigenvalue weighted by atomic mass is 10.2. The zero-order chi connectivity index (χ0) is 20.9. The van der Waals surface area contributed by atoms with Crippen molar-refractivity contribution in [3.63, 3.8) is 0 Å². The second-order valence-electron chi connectivity index (χ2n) is 6.13. The highest BCUT2D eigenvalue weighted by Gasteiger charge is 2.30. The fourth-order valence-corrected chi connectivity index (χ4v) is 4.86. The Balaban J connectivity index is 1.84. The maximum Gasteiger partial charge on any atom is 0.530 e. The number of hydrazine groups is 1. The van der Waals surface area contributed by atoms with Crippen molar-refractivity contribution in [2.75, 3.05) is 26.3 Å². The van der Waals surface area contributed by atoms with E-state index in [9.17, 15) is 13.8 Å². The van der Waals surface area contributed by atoms with Crippen LogP contribution in [0.15, 0.2) is 28.1 Å². The zero-order valence-electron chi connectivity index (χ0n) is 16.2. The molecule has 1 fully saturated rings. The molecule has 0 aromatic heterocycles. The van der Waals surface area contributed by atoms with Gasteiger partial charge in [0.1, 0.15) is 11.6 Å². The number of phosphoric ester groups is 1. The molecule has 0 aliphatic carbocycles. The lowest BCUT2D eigenvalue weighted by Gasteiger charge is -2.28. The minimum Gasteiger partial charge on any atom is -0.403 e. The van der Waals surface area contributed by atoms with Gasteiger partial charge in [0.15, 0.2) is 5.17 Å². The summed E-state index contributed by atoms with van der Waals surface area (Å²) in [6.07, 6.45) is 3.62. The summed E-state index contributed by atoms with van der Waals surface area (Å²) in [5.74, 6) is -1.02. The van der Waals surface area contributed by atoms with Gasteiger partial charge >= 0.3 is 7.82 Å². The number of amidine groups is 1. The Bertz CT molecular complexity index is 863. The maximum absolute atomic E-state index is 13.8. The number of nitrogens with zero attached hydrogens (tertiary/aromatic N) is 2. The molecule has 1 aromatic rings. The summed E-state index contributed by atoms with van der Waals surface area (Å²) in [6.45, 7) is 5.07. The Hall–Kier alpha value is -1.71. The second kappa shape index (κ2) is 9.86. The molecule has 11 heteroatoms. The van der Waals surface area contributed by atoms with Gasteiger partial charge in [-0.2, -0.15) is 4.99 Å². The highest BCUT2D eigenvalue weighted by Crippen LogP contribution is 2.50. The van der Waals surface area contributed by atoms with Gasteiger partial charge in [-0.25, -0.2) is 14.4 Å². The van der Waals surface area contributed by atoms with E-state index in [0.29, 0.717) is 15.6 Å². The topological polar surface area (TPSA) is 89.5 Å². The summed E-state index contributed by atoms with van der Waals surface area (Å²) in [5.41, 5.74) is 3.57. The lowest BCUT2D eigenvalue weighted by Crippen LogP contribution is -2.45. The number of rotatable bonds is 7. The third kappa shape index (κ3) is 5.67. The van der Waals surface area contributed by atoms with Crippen LogP contribution in [0, 0.1) is 5.82 Å². The Morgan fingerprint density at radius 3 is 2.72 bits per heavy atom. The molecule has 1 saturated heterocycles. The van der Waals surface area contributed by atoms with Crippen molar-refractivity contribution in [2.45, 2.75) is 26.7 Å². The Kier molecular flexibility index (Phi) is 7.48. The molecule has 8 nitrogen and oxygen atoms in total. The molecule has 0 bridgehead atoms. The van der Waals surface area contributed by atoms with Gasteiger partial charge in [0.2, 0.25) is 0 Å². The minimum atomic E-state index is -3.92. The van der Waals surface area contributed by atoms with Crippen molar-refractivity contribution in [1.82, 2.24) is 10.4 Å². The van der Waals surface area contributed by atoms with Crippen LogP contribution in [0.1, 0.15) is 32.3 Å². The molecule has 1 amide bonds. The average Bonchev–Trinajstić information content (AvgIpc) is 3.05. The number of amides is 1. The first-order valence-electron chi connectivity index (χ1n) is 9.36. The number of carbonyl (C=O) groups excluding carboxylic acids is 1. The molecule has 2 aliphatic rings. The first-order chi connectivity index (χ1) is 13.9. The van der Waals surface area contributed by atoms with Crippen LogP contribution in [-0.2, 0) is 18.4 Å². The first-order valence-corrected chi connectivity index (χ1v) is 11.6. The lowest BCUT2D eigenvalue weighted by molar-refractivity contribution is -0.113. The summed E-state index contributed by atoms with van der Waals surface area (Å²) < 4.78 is 42.2. The van der Waals surface area contributed by atoms with E-state index in [2.05, 4.69) is 10.4 Å². The molecule has 158 valence electrons. The number of thioether (sulfide) groups is 1. The van der Waals surface area contributed by atoms with Crippen LogP contribution >= 0.6 is 19.6 Å². The van der Waals surface area contributed by atoms with Crippen molar-refractivity contribution in [1.29, 1.82) is 0 Å². The quantitative estimate of drug-likeness (QED) is 0.501. The van der Waals surface area contributed by atoms with Crippen molar-refractivity contribution < 1.29 is 27.3 Å². The number of hydrogen-bond donors (Lipinski definition) is 1. The van der Waals surface area contributed by atoms with Crippen LogP contribution in [0.2, 0.25) is 0 Å². The van der Waals surface area contributed by atoms with Gasteiger partial charge in [-0.1, -0.05) is 0 Å². The molecule has 2 aliphatic heterocycles. The molecule has 0 radical (unpaired) electrons. The number of benzene rings is 1. The van der Waals surface area contributed by atoms with E-state index >= 15 is 0 Å². The fourth-order valence-electron chi connectivity index (χ4n) is 2.74. The Morgan fingerprint density at radius 1 is 1.31 bits per heavy atom. The standard InChI is InChI=1S/C18H23FN3O5PS/c1-3-25-28(24,26-4-2)27-15-12-14(19)8-7-13(15)11-16-17(23)21-18(29-16)22-10-6-5-9-20-22/h7-8,11-12,20H,3-6,9-10H2,1-2H3/b16-11-. The number of halogens is 1. The van der Waals surface area contributed by atoms with Crippen LogP contribution in [0.4, 0.5) is 4.39 Å². The third-order valence-corrected chi connectivity index (χ3v) is 6.57. The van der Waals surface area contributed by atoms with E-state index in [0.717, 1.165) is 32.0 Å². The van der Waals surface area contributed by atoms with Crippen LogP contribution < -0.4 is 9.95 Å². The summed E-state index contributed by atoms with van der Waals surface area (Å²) in [6, 6.07) is 3.74. The van der Waals surface area contributed by atoms with Crippen molar-refractivity contribution in [3.05, 3.63) is 34.5 Å². The molecule has 0 spiro atoms. The summed E-state index contributed by atoms with van der Waals surface area (Å²) in [5, 5.41) is 2.42. The summed E-state index contributed by atoms with van der Waals surface area (Å²) >= 11 is 1.22. The smallest absolute Gasteiger partial charge is 0.403 e. The van der Waals surface area contributed by atoms with Gasteiger partial charge in [-0.3, -0.25) is 18.9 Å². The SMILES string of the molecule is CCOP(=O)(OCC)Oc1cc(F)ccc1/C=C1\SC(N2CCCCN2)=NC1=O. The van der Waals surface area contributed by atoms with Gasteiger partial charge in [0, 0.05) is 24.7 Å². The summed E-state index contributed by atoms with van der Waals surface area (Å²) in [4.78, 5) is 16.8. The predicted octanol–water partition coefficient (Wildman–Crippen LogP) is 3.96. The minimum absolute atomic E-state index is 0.0410. The number of hydrogen-bond acceptors (Lipinski definition) is 8. The van der Waals surface area contributed by atoms with Crippen LogP contribution in [-0.4, -0.2) is 42.4 Å². The number of carbonyl (C=O) groups is 1. The van der Waals surface area contributed by atoms with Gasteiger partial charge in [0.25, 0.3) is 5.91 Å². The van der Waals surface area contributed by atoms with Crippen LogP contribution in [0.5, 0.6) is 5.75 Å². The molecule has 0 saturated carbocycles. The van der Waals surface area contributed by atoms with Gasteiger partial charge in [0.05, 0.1) is 18.1 Å². The predicted molar refractivity (Wildman–Crippen MR) is 110 cm³/mol. The molecular weight excluding hydrogens is 420 g/mol.